The first-order valence-corrected chi connectivity index (χ1v) is 9.55. The molecule has 1 amide bonds. The van der Waals surface area contributed by atoms with Crippen LogP contribution < -0.4 is 11.1 Å². The first-order chi connectivity index (χ1) is 9.28. The average molecular weight is 304 g/mol. The molecule has 0 aromatic heterocycles. The highest BCUT2D eigenvalue weighted by molar-refractivity contribution is 7.90. The maximum Gasteiger partial charge on any atom is 0.236 e. The Morgan fingerprint density at radius 1 is 1.30 bits per heavy atom. The van der Waals surface area contributed by atoms with Crippen molar-refractivity contribution in [2.24, 2.45) is 17.6 Å². The predicted molar refractivity (Wildman–Crippen MR) is 81.1 cm³/mol. The van der Waals surface area contributed by atoms with Crippen molar-refractivity contribution < 1.29 is 13.2 Å². The highest BCUT2D eigenvalue weighted by Crippen LogP contribution is 2.29. The second-order valence-corrected chi connectivity index (χ2v) is 8.49. The van der Waals surface area contributed by atoms with Crippen LogP contribution in [0.4, 0.5) is 0 Å². The van der Waals surface area contributed by atoms with Crippen LogP contribution in [0.3, 0.4) is 0 Å². The van der Waals surface area contributed by atoms with Crippen LogP contribution in [0.2, 0.25) is 0 Å². The van der Waals surface area contributed by atoms with Crippen LogP contribution in [0, 0.1) is 11.8 Å². The lowest BCUT2D eigenvalue weighted by molar-refractivity contribution is -0.122. The summed E-state index contributed by atoms with van der Waals surface area (Å²) in [4.78, 5) is 11.7. The van der Waals surface area contributed by atoms with E-state index in [9.17, 15) is 13.2 Å². The van der Waals surface area contributed by atoms with Crippen molar-refractivity contribution in [3.05, 3.63) is 0 Å². The molecule has 0 saturated heterocycles. The summed E-state index contributed by atoms with van der Waals surface area (Å²) < 4.78 is 22.0. The molecular weight excluding hydrogens is 276 g/mol. The van der Waals surface area contributed by atoms with E-state index < -0.39 is 15.9 Å². The van der Waals surface area contributed by atoms with Crippen LogP contribution in [0.1, 0.15) is 45.4 Å². The second-order valence-electron chi connectivity index (χ2n) is 6.23. The first-order valence-electron chi connectivity index (χ1n) is 7.49. The van der Waals surface area contributed by atoms with Crippen LogP contribution in [0.15, 0.2) is 0 Å². The molecule has 5 nitrogen and oxygen atoms in total. The average Bonchev–Trinajstić information content (AvgIpc) is 2.37. The Hall–Kier alpha value is -0.620. The van der Waals surface area contributed by atoms with E-state index in [0.717, 1.165) is 18.6 Å². The van der Waals surface area contributed by atoms with E-state index in [2.05, 4.69) is 12.2 Å². The summed E-state index contributed by atoms with van der Waals surface area (Å²) in [5, 5.41) is 2.82. The lowest BCUT2D eigenvalue weighted by Crippen LogP contribution is -2.42. The van der Waals surface area contributed by atoms with Gasteiger partial charge in [-0.1, -0.05) is 32.6 Å². The van der Waals surface area contributed by atoms with Crippen LogP contribution in [0.25, 0.3) is 0 Å². The Balaban J connectivity index is 2.16. The monoisotopic (exact) mass is 304 g/mol. The third-order valence-corrected chi connectivity index (χ3v) is 5.10. The Bertz CT molecular complexity index is 401. The highest BCUT2D eigenvalue weighted by atomic mass is 32.2. The Morgan fingerprint density at radius 2 is 1.90 bits per heavy atom. The molecule has 0 aromatic carbocycles. The van der Waals surface area contributed by atoms with Gasteiger partial charge < -0.3 is 11.1 Å². The van der Waals surface area contributed by atoms with E-state index in [1.807, 2.05) is 0 Å². The van der Waals surface area contributed by atoms with Crippen LogP contribution in [-0.4, -0.2) is 38.9 Å². The molecule has 1 rings (SSSR count). The molecule has 0 spiro atoms. The topological polar surface area (TPSA) is 89.3 Å². The van der Waals surface area contributed by atoms with Crippen molar-refractivity contribution in [1.29, 1.82) is 0 Å². The maximum atomic E-state index is 11.7. The molecular formula is C14H28N2O3S. The number of hydrogen-bond acceptors (Lipinski definition) is 4. The van der Waals surface area contributed by atoms with Gasteiger partial charge in [0.2, 0.25) is 5.91 Å². The quantitative estimate of drug-likeness (QED) is 0.736. The molecule has 1 aliphatic carbocycles. The molecule has 0 bridgehead atoms. The molecule has 0 radical (unpaired) electrons. The van der Waals surface area contributed by atoms with Crippen LogP contribution in [-0.2, 0) is 14.6 Å². The molecule has 1 atom stereocenters. The zero-order chi connectivity index (χ0) is 15.2. The fraction of sp³-hybridized carbons (Fsp3) is 0.929. The Kier molecular flexibility index (Phi) is 6.95. The molecule has 3 N–H and O–H groups in total. The second kappa shape index (κ2) is 7.98. The third-order valence-electron chi connectivity index (χ3n) is 4.12. The molecule has 0 heterocycles. The van der Waals surface area contributed by atoms with Crippen molar-refractivity contribution in [3.63, 3.8) is 0 Å². The molecule has 1 saturated carbocycles. The number of hydrogen-bond donors (Lipinski definition) is 2. The fourth-order valence-corrected chi connectivity index (χ4v) is 3.30. The number of nitrogens with one attached hydrogen (secondary N) is 1. The van der Waals surface area contributed by atoms with Gasteiger partial charge in [0.05, 0.1) is 11.8 Å². The van der Waals surface area contributed by atoms with Gasteiger partial charge in [0.25, 0.3) is 0 Å². The van der Waals surface area contributed by atoms with Crippen LogP contribution in [0.5, 0.6) is 0 Å². The predicted octanol–water partition coefficient (Wildman–Crippen LogP) is 1.08. The molecule has 20 heavy (non-hydrogen) atoms. The van der Waals surface area contributed by atoms with E-state index in [-0.39, 0.29) is 18.1 Å². The lowest BCUT2D eigenvalue weighted by Gasteiger charge is -2.26. The van der Waals surface area contributed by atoms with Gasteiger partial charge in [-0.25, -0.2) is 8.42 Å². The summed E-state index contributed by atoms with van der Waals surface area (Å²) in [6.45, 7) is 2.93. The summed E-state index contributed by atoms with van der Waals surface area (Å²) >= 11 is 0. The number of carbonyl (C=O) groups is 1. The normalized spacial score (nSPS) is 25.1. The standard InChI is InChI=1S/C14H28N2O3S/c1-11-3-5-12(6-4-11)7-9-16-14(17)13(15)8-10-20(2,18)19/h11-13H,3-10,15H2,1-2H3,(H,16,17). The van der Waals surface area contributed by atoms with E-state index in [1.165, 1.54) is 25.7 Å². The van der Waals surface area contributed by atoms with Gasteiger partial charge in [0.1, 0.15) is 9.84 Å². The van der Waals surface area contributed by atoms with Gasteiger partial charge in [-0.2, -0.15) is 0 Å². The van der Waals surface area contributed by atoms with E-state index in [4.69, 9.17) is 5.73 Å². The number of amides is 1. The largest absolute Gasteiger partial charge is 0.355 e. The molecule has 0 aromatic rings. The first kappa shape index (κ1) is 17.4. The van der Waals surface area contributed by atoms with Crippen LogP contribution >= 0.6 is 0 Å². The van der Waals surface area contributed by atoms with Gasteiger partial charge in [0.15, 0.2) is 0 Å². The third kappa shape index (κ3) is 7.24. The van der Waals surface area contributed by atoms with Crippen molar-refractivity contribution >= 4 is 15.7 Å². The van der Waals surface area contributed by atoms with Gasteiger partial charge in [0, 0.05) is 12.8 Å². The van der Waals surface area contributed by atoms with Crippen molar-refractivity contribution in [2.45, 2.75) is 51.5 Å². The smallest absolute Gasteiger partial charge is 0.236 e. The molecule has 1 unspecified atom stereocenters. The Morgan fingerprint density at radius 3 is 2.45 bits per heavy atom. The molecule has 118 valence electrons. The SMILES string of the molecule is CC1CCC(CCNC(=O)C(N)CCS(C)(=O)=O)CC1. The number of nitrogens with two attached hydrogens (primary N) is 1. The van der Waals surface area contributed by atoms with Gasteiger partial charge in [-0.15, -0.1) is 0 Å². The summed E-state index contributed by atoms with van der Waals surface area (Å²) in [6.07, 6.45) is 7.40. The highest BCUT2D eigenvalue weighted by Gasteiger charge is 2.19. The minimum absolute atomic E-state index is 0.0396. The molecule has 6 heteroatoms. The summed E-state index contributed by atoms with van der Waals surface area (Å²) in [5.41, 5.74) is 5.69. The fourth-order valence-electron chi connectivity index (χ4n) is 2.62. The Labute approximate surface area is 122 Å². The molecule has 1 fully saturated rings. The van der Waals surface area contributed by atoms with E-state index in [0.29, 0.717) is 12.5 Å². The van der Waals surface area contributed by atoms with E-state index in [1.54, 1.807) is 0 Å². The summed E-state index contributed by atoms with van der Waals surface area (Å²) in [5.74, 6) is 1.27. The van der Waals surface area contributed by atoms with Gasteiger partial charge in [-0.05, 0) is 24.7 Å². The van der Waals surface area contributed by atoms with E-state index >= 15 is 0 Å². The molecule has 0 aliphatic heterocycles. The summed E-state index contributed by atoms with van der Waals surface area (Å²) in [7, 11) is -3.06. The minimum Gasteiger partial charge on any atom is -0.355 e. The zero-order valence-corrected chi connectivity index (χ0v) is 13.4. The lowest BCUT2D eigenvalue weighted by atomic mass is 9.81. The summed E-state index contributed by atoms with van der Waals surface area (Å²) in [6, 6.07) is -0.726. The van der Waals surface area contributed by atoms with Crippen molar-refractivity contribution in [1.82, 2.24) is 5.32 Å². The zero-order valence-electron chi connectivity index (χ0n) is 12.6. The number of rotatable bonds is 7. The maximum absolute atomic E-state index is 11.7. The van der Waals surface area contributed by atoms with Crippen molar-refractivity contribution in [3.8, 4) is 0 Å². The van der Waals surface area contributed by atoms with Gasteiger partial charge in [-0.3, -0.25) is 4.79 Å². The van der Waals surface area contributed by atoms with Crippen molar-refractivity contribution in [2.75, 3.05) is 18.6 Å². The number of carbonyl (C=O) groups excluding carboxylic acids is 1. The molecule has 1 aliphatic rings. The van der Waals surface area contributed by atoms with Gasteiger partial charge >= 0.3 is 0 Å². The number of sulfone groups is 1. The minimum atomic E-state index is -3.06.